The van der Waals surface area contributed by atoms with Crippen molar-refractivity contribution in [3.8, 4) is 0 Å². The highest BCUT2D eigenvalue weighted by Crippen LogP contribution is 2.33. The maximum absolute atomic E-state index is 13.3. The zero-order valence-corrected chi connectivity index (χ0v) is 15.6. The smallest absolute Gasteiger partial charge is 0.353 e. The fourth-order valence-electron chi connectivity index (χ4n) is 2.39. The quantitative estimate of drug-likeness (QED) is 0.343. The highest BCUT2D eigenvalue weighted by Gasteiger charge is 2.23. The summed E-state index contributed by atoms with van der Waals surface area (Å²) < 4.78 is 17.9. The Bertz CT molecular complexity index is 1080. The molecule has 0 amide bonds. The number of nitro groups is 1. The van der Waals surface area contributed by atoms with Crippen LogP contribution in [0.4, 0.5) is 33.1 Å². The molecule has 0 bridgehead atoms. The van der Waals surface area contributed by atoms with Crippen LogP contribution in [0.3, 0.4) is 0 Å². The Morgan fingerprint density at radius 1 is 1.10 bits per heavy atom. The van der Waals surface area contributed by atoms with Crippen LogP contribution in [0, 0.1) is 15.9 Å². The summed E-state index contributed by atoms with van der Waals surface area (Å²) in [5.74, 6) is -1.31. The van der Waals surface area contributed by atoms with E-state index >= 15 is 0 Å². The van der Waals surface area contributed by atoms with Crippen molar-refractivity contribution < 1.29 is 18.8 Å². The van der Waals surface area contributed by atoms with Crippen LogP contribution >= 0.6 is 11.6 Å². The fourth-order valence-corrected chi connectivity index (χ4v) is 2.57. The number of nitrogens with one attached hydrogen (secondary N) is 2. The lowest BCUT2D eigenvalue weighted by Gasteiger charge is -2.10. The number of hydrogen-bond acceptors (Lipinski definition) is 8. The number of halogens is 2. The van der Waals surface area contributed by atoms with Gasteiger partial charge < -0.3 is 15.4 Å². The number of aromatic nitrogens is 2. The summed E-state index contributed by atoms with van der Waals surface area (Å²) in [6.07, 6.45) is 1.13. The largest absolute Gasteiger partial charge is 0.465 e. The van der Waals surface area contributed by atoms with Gasteiger partial charge in [0.15, 0.2) is 0 Å². The normalized spacial score (nSPS) is 10.3. The lowest BCUT2D eigenvalue weighted by molar-refractivity contribution is -0.383. The zero-order valence-electron chi connectivity index (χ0n) is 14.8. The van der Waals surface area contributed by atoms with Gasteiger partial charge in [-0.15, -0.1) is 0 Å². The molecular weight excluding hydrogens is 405 g/mol. The lowest BCUT2D eigenvalue weighted by Crippen LogP contribution is -2.06. The SMILES string of the molecule is COC(=O)c1ccc(Nc2ncnc(Nc3ccc(F)c(Cl)c3)c2[N+](=O)[O-])cc1. The molecular formula is C18H13ClFN5O4. The number of methoxy groups -OCH3 is 1. The third-order valence-electron chi connectivity index (χ3n) is 3.76. The van der Waals surface area contributed by atoms with Crippen molar-refractivity contribution in [2.24, 2.45) is 0 Å². The van der Waals surface area contributed by atoms with E-state index in [1.54, 1.807) is 12.1 Å². The number of benzene rings is 2. The first-order valence-corrected chi connectivity index (χ1v) is 8.43. The average Bonchev–Trinajstić information content (AvgIpc) is 2.70. The van der Waals surface area contributed by atoms with Crippen LogP contribution in [0.2, 0.25) is 5.02 Å². The van der Waals surface area contributed by atoms with Gasteiger partial charge in [0.25, 0.3) is 0 Å². The van der Waals surface area contributed by atoms with Gasteiger partial charge in [0.05, 0.1) is 22.6 Å². The maximum Gasteiger partial charge on any atom is 0.353 e. The second-order valence-corrected chi connectivity index (χ2v) is 6.03. The molecule has 0 aliphatic rings. The first-order valence-electron chi connectivity index (χ1n) is 8.06. The van der Waals surface area contributed by atoms with Crippen molar-refractivity contribution in [1.29, 1.82) is 0 Å². The van der Waals surface area contributed by atoms with E-state index in [0.29, 0.717) is 16.9 Å². The molecule has 148 valence electrons. The number of rotatable bonds is 6. The van der Waals surface area contributed by atoms with E-state index in [9.17, 15) is 19.3 Å². The van der Waals surface area contributed by atoms with Gasteiger partial charge in [-0.2, -0.15) is 0 Å². The molecule has 3 aromatic rings. The van der Waals surface area contributed by atoms with Crippen LogP contribution in [0.15, 0.2) is 48.8 Å². The number of ether oxygens (including phenoxy) is 1. The van der Waals surface area contributed by atoms with Crippen LogP contribution in [0.25, 0.3) is 0 Å². The predicted molar refractivity (Wildman–Crippen MR) is 104 cm³/mol. The van der Waals surface area contributed by atoms with Crippen LogP contribution in [-0.2, 0) is 4.74 Å². The molecule has 0 unspecified atom stereocenters. The predicted octanol–water partition coefficient (Wildman–Crippen LogP) is 4.45. The van der Waals surface area contributed by atoms with Gasteiger partial charge in [-0.1, -0.05) is 11.6 Å². The first-order chi connectivity index (χ1) is 13.9. The molecule has 29 heavy (non-hydrogen) atoms. The summed E-state index contributed by atoms with van der Waals surface area (Å²) in [7, 11) is 1.27. The summed E-state index contributed by atoms with van der Waals surface area (Å²) in [6, 6.07) is 9.87. The standard InChI is InChI=1S/C18H13ClFN5O4/c1-29-18(26)10-2-4-11(5-3-10)23-16-15(25(27)28)17(22-9-21-16)24-12-6-7-14(20)13(19)8-12/h2-9H,1H3,(H2,21,22,23,24). The Balaban J connectivity index is 1.91. The van der Waals surface area contributed by atoms with Gasteiger partial charge in [-0.3, -0.25) is 10.1 Å². The molecule has 0 aliphatic carbocycles. The maximum atomic E-state index is 13.3. The molecule has 3 rings (SSSR count). The Hall–Kier alpha value is -3.79. The van der Waals surface area contributed by atoms with E-state index in [-0.39, 0.29) is 16.7 Å². The van der Waals surface area contributed by atoms with Gasteiger partial charge in [0.2, 0.25) is 11.6 Å². The molecule has 2 aromatic carbocycles. The molecule has 2 N–H and O–H groups in total. The van der Waals surface area contributed by atoms with Crippen molar-refractivity contribution in [3.63, 3.8) is 0 Å². The molecule has 11 heteroatoms. The lowest BCUT2D eigenvalue weighted by atomic mass is 10.2. The number of carbonyl (C=O) groups is 1. The van der Waals surface area contributed by atoms with E-state index < -0.39 is 22.4 Å². The summed E-state index contributed by atoms with van der Waals surface area (Å²) in [4.78, 5) is 30.3. The molecule has 0 atom stereocenters. The van der Waals surface area contributed by atoms with Crippen molar-refractivity contribution in [2.75, 3.05) is 17.7 Å². The topological polar surface area (TPSA) is 119 Å². The minimum Gasteiger partial charge on any atom is -0.465 e. The van der Waals surface area contributed by atoms with Crippen molar-refractivity contribution in [3.05, 3.63) is 75.3 Å². The highest BCUT2D eigenvalue weighted by molar-refractivity contribution is 6.31. The van der Waals surface area contributed by atoms with Crippen molar-refractivity contribution >= 4 is 46.3 Å². The molecule has 0 radical (unpaired) electrons. The van der Waals surface area contributed by atoms with E-state index in [0.717, 1.165) is 12.4 Å². The molecule has 9 nitrogen and oxygen atoms in total. The van der Waals surface area contributed by atoms with Crippen LogP contribution in [0.1, 0.15) is 10.4 Å². The van der Waals surface area contributed by atoms with E-state index in [4.69, 9.17) is 11.6 Å². The summed E-state index contributed by atoms with van der Waals surface area (Å²) >= 11 is 5.74. The molecule has 0 saturated heterocycles. The first kappa shape index (κ1) is 20.0. The Kier molecular flexibility index (Phi) is 5.84. The molecule has 0 spiro atoms. The third kappa shape index (κ3) is 4.55. The molecule has 1 heterocycles. The van der Waals surface area contributed by atoms with E-state index in [1.807, 2.05) is 0 Å². The van der Waals surface area contributed by atoms with Crippen LogP contribution < -0.4 is 10.6 Å². The van der Waals surface area contributed by atoms with E-state index in [2.05, 4.69) is 25.3 Å². The van der Waals surface area contributed by atoms with Crippen LogP contribution in [0.5, 0.6) is 0 Å². The van der Waals surface area contributed by atoms with Crippen molar-refractivity contribution in [1.82, 2.24) is 9.97 Å². The molecule has 0 fully saturated rings. The third-order valence-corrected chi connectivity index (χ3v) is 4.05. The summed E-state index contributed by atoms with van der Waals surface area (Å²) in [5, 5.41) is 17.0. The van der Waals surface area contributed by atoms with Gasteiger partial charge >= 0.3 is 11.7 Å². The number of hydrogen-bond donors (Lipinski definition) is 2. The Morgan fingerprint density at radius 2 is 1.69 bits per heavy atom. The van der Waals surface area contributed by atoms with Gasteiger partial charge in [-0.05, 0) is 42.5 Å². The summed E-state index contributed by atoms with van der Waals surface area (Å²) in [5.41, 5.74) is 0.664. The zero-order chi connectivity index (χ0) is 21.0. The molecule has 0 saturated carbocycles. The Labute approximate surface area is 168 Å². The van der Waals surface area contributed by atoms with Gasteiger partial charge in [0.1, 0.15) is 12.1 Å². The van der Waals surface area contributed by atoms with Crippen LogP contribution in [-0.4, -0.2) is 28.0 Å². The number of esters is 1. The van der Waals surface area contributed by atoms with E-state index in [1.165, 1.54) is 31.4 Å². The number of carbonyl (C=O) groups excluding carboxylic acids is 1. The number of nitrogens with zero attached hydrogens (tertiary/aromatic N) is 3. The monoisotopic (exact) mass is 417 g/mol. The summed E-state index contributed by atoms with van der Waals surface area (Å²) in [6.45, 7) is 0. The minimum atomic E-state index is -0.654. The van der Waals surface area contributed by atoms with Gasteiger partial charge in [-0.25, -0.2) is 19.2 Å². The fraction of sp³-hybridized carbons (Fsp3) is 0.0556. The Morgan fingerprint density at radius 3 is 2.24 bits per heavy atom. The highest BCUT2D eigenvalue weighted by atomic mass is 35.5. The second kappa shape index (κ2) is 8.48. The minimum absolute atomic E-state index is 0.0773. The second-order valence-electron chi connectivity index (χ2n) is 5.62. The molecule has 1 aromatic heterocycles. The van der Waals surface area contributed by atoms with Gasteiger partial charge in [0, 0.05) is 11.4 Å². The molecule has 0 aliphatic heterocycles. The number of anilines is 4. The van der Waals surface area contributed by atoms with Crippen molar-refractivity contribution in [2.45, 2.75) is 0 Å². The average molecular weight is 418 g/mol.